The zero-order chi connectivity index (χ0) is 9.64. The van der Waals surface area contributed by atoms with E-state index in [4.69, 9.17) is 0 Å². The summed E-state index contributed by atoms with van der Waals surface area (Å²) in [5, 5.41) is 19.5. The topological polar surface area (TPSA) is 40.5 Å². The van der Waals surface area contributed by atoms with Crippen LogP contribution >= 0.6 is 15.9 Å². The average Bonchev–Trinajstić information content (AvgIpc) is 2.78. The normalized spacial score (nSPS) is 18.7. The number of phenolic OH excluding ortho intramolecular Hbond substituents is 1. The number of aliphatic hydroxyl groups is 1. The Morgan fingerprint density at radius 3 is 2.54 bits per heavy atom. The molecule has 2 N–H and O–H groups in total. The van der Waals surface area contributed by atoms with Crippen LogP contribution in [0.1, 0.15) is 24.0 Å². The molecule has 1 aromatic carbocycles. The smallest absolute Gasteiger partial charge is 0.122 e. The van der Waals surface area contributed by atoms with Crippen molar-refractivity contribution in [3.63, 3.8) is 0 Å². The van der Waals surface area contributed by atoms with Crippen molar-refractivity contribution in [2.75, 3.05) is 0 Å². The molecule has 0 bridgehead atoms. The minimum Gasteiger partial charge on any atom is -0.508 e. The maximum Gasteiger partial charge on any atom is 0.122 e. The number of hydrogen-bond donors (Lipinski definition) is 2. The van der Waals surface area contributed by atoms with Crippen molar-refractivity contribution in [3.05, 3.63) is 27.7 Å². The van der Waals surface area contributed by atoms with Crippen LogP contribution in [-0.2, 0) is 5.60 Å². The van der Waals surface area contributed by atoms with Gasteiger partial charge in [-0.2, -0.15) is 0 Å². The SMILES string of the molecule is Cc1c(Br)ccc(O)c1C1(O)CC1. The predicted octanol–water partition coefficient (Wildman–Crippen LogP) is 2.44. The highest BCUT2D eigenvalue weighted by Gasteiger charge is 2.45. The summed E-state index contributed by atoms with van der Waals surface area (Å²) < 4.78 is 0.931. The van der Waals surface area contributed by atoms with E-state index in [2.05, 4.69) is 15.9 Å². The molecule has 0 unspecified atom stereocenters. The van der Waals surface area contributed by atoms with Crippen LogP contribution < -0.4 is 0 Å². The van der Waals surface area contributed by atoms with E-state index in [1.807, 2.05) is 6.92 Å². The standard InChI is InChI=1S/C10H11BrO2/c1-6-7(11)2-3-8(12)9(6)10(13)4-5-10/h2-3,12-13H,4-5H2,1H3. The Morgan fingerprint density at radius 1 is 1.38 bits per heavy atom. The molecule has 70 valence electrons. The maximum atomic E-state index is 9.91. The first-order valence-electron chi connectivity index (χ1n) is 4.25. The van der Waals surface area contributed by atoms with Crippen molar-refractivity contribution in [2.24, 2.45) is 0 Å². The molecule has 0 spiro atoms. The zero-order valence-corrected chi connectivity index (χ0v) is 8.93. The largest absolute Gasteiger partial charge is 0.508 e. The van der Waals surface area contributed by atoms with Crippen LogP contribution in [0, 0.1) is 6.92 Å². The van der Waals surface area contributed by atoms with Crippen molar-refractivity contribution in [3.8, 4) is 5.75 Å². The van der Waals surface area contributed by atoms with E-state index in [9.17, 15) is 10.2 Å². The van der Waals surface area contributed by atoms with E-state index in [-0.39, 0.29) is 5.75 Å². The molecule has 1 aromatic rings. The number of hydrogen-bond acceptors (Lipinski definition) is 2. The van der Waals surface area contributed by atoms with E-state index in [0.29, 0.717) is 5.56 Å². The second-order valence-electron chi connectivity index (χ2n) is 3.60. The van der Waals surface area contributed by atoms with Crippen molar-refractivity contribution < 1.29 is 10.2 Å². The number of halogens is 1. The van der Waals surface area contributed by atoms with Gasteiger partial charge in [0.15, 0.2) is 0 Å². The molecular weight excluding hydrogens is 232 g/mol. The van der Waals surface area contributed by atoms with E-state index in [1.165, 1.54) is 0 Å². The van der Waals surface area contributed by atoms with Crippen molar-refractivity contribution in [1.82, 2.24) is 0 Å². The average molecular weight is 243 g/mol. The zero-order valence-electron chi connectivity index (χ0n) is 7.34. The van der Waals surface area contributed by atoms with Crippen LogP contribution in [0.5, 0.6) is 5.75 Å². The molecule has 0 saturated heterocycles. The van der Waals surface area contributed by atoms with E-state index >= 15 is 0 Å². The number of benzene rings is 1. The summed E-state index contributed by atoms with van der Waals surface area (Å²) in [6.07, 6.45) is 1.50. The minimum absolute atomic E-state index is 0.195. The van der Waals surface area contributed by atoms with Gasteiger partial charge in [0.05, 0.1) is 5.60 Å². The Morgan fingerprint density at radius 2 is 2.00 bits per heavy atom. The molecule has 0 aliphatic heterocycles. The monoisotopic (exact) mass is 242 g/mol. The van der Waals surface area contributed by atoms with Crippen molar-refractivity contribution in [2.45, 2.75) is 25.4 Å². The minimum atomic E-state index is -0.766. The fraction of sp³-hybridized carbons (Fsp3) is 0.400. The highest BCUT2D eigenvalue weighted by Crippen LogP contribution is 2.50. The molecule has 0 heterocycles. The van der Waals surface area contributed by atoms with Crippen LogP contribution in [0.4, 0.5) is 0 Å². The molecule has 2 nitrogen and oxygen atoms in total. The van der Waals surface area contributed by atoms with Crippen LogP contribution in [0.3, 0.4) is 0 Å². The third kappa shape index (κ3) is 1.36. The Labute approximate surface area is 85.3 Å². The molecule has 0 radical (unpaired) electrons. The first-order valence-corrected chi connectivity index (χ1v) is 5.05. The van der Waals surface area contributed by atoms with Gasteiger partial charge in [0.1, 0.15) is 5.75 Å². The molecule has 1 fully saturated rings. The lowest BCUT2D eigenvalue weighted by atomic mass is 10.0. The van der Waals surface area contributed by atoms with Crippen molar-refractivity contribution in [1.29, 1.82) is 0 Å². The Bertz CT molecular complexity index is 356. The van der Waals surface area contributed by atoms with E-state index in [1.54, 1.807) is 12.1 Å². The Balaban J connectivity index is 2.61. The lowest BCUT2D eigenvalue weighted by Gasteiger charge is -2.14. The fourth-order valence-corrected chi connectivity index (χ4v) is 1.96. The van der Waals surface area contributed by atoms with Gasteiger partial charge in [0.25, 0.3) is 0 Å². The molecule has 1 aliphatic carbocycles. The number of rotatable bonds is 1. The van der Waals surface area contributed by atoms with Gasteiger partial charge in [-0.3, -0.25) is 0 Å². The van der Waals surface area contributed by atoms with E-state index < -0.39 is 5.60 Å². The van der Waals surface area contributed by atoms with Gasteiger partial charge in [-0.15, -0.1) is 0 Å². The molecule has 1 saturated carbocycles. The van der Waals surface area contributed by atoms with Gasteiger partial charge in [0, 0.05) is 10.0 Å². The first kappa shape index (κ1) is 9.03. The summed E-state index contributed by atoms with van der Waals surface area (Å²) in [5.41, 5.74) is 0.847. The first-order chi connectivity index (χ1) is 6.04. The van der Waals surface area contributed by atoms with Crippen LogP contribution in [-0.4, -0.2) is 10.2 Å². The lowest BCUT2D eigenvalue weighted by molar-refractivity contribution is 0.147. The fourth-order valence-electron chi connectivity index (χ4n) is 1.63. The van der Waals surface area contributed by atoms with Gasteiger partial charge >= 0.3 is 0 Å². The van der Waals surface area contributed by atoms with Gasteiger partial charge < -0.3 is 10.2 Å². The summed E-state index contributed by atoms with van der Waals surface area (Å²) in [4.78, 5) is 0. The van der Waals surface area contributed by atoms with Gasteiger partial charge in [0.2, 0.25) is 0 Å². The quantitative estimate of drug-likeness (QED) is 0.795. The van der Waals surface area contributed by atoms with Gasteiger partial charge in [-0.05, 0) is 37.5 Å². The van der Waals surface area contributed by atoms with Gasteiger partial charge in [-0.25, -0.2) is 0 Å². The molecular formula is C10H11BrO2. The van der Waals surface area contributed by atoms with Crippen LogP contribution in [0.2, 0.25) is 0 Å². The number of aromatic hydroxyl groups is 1. The second kappa shape index (κ2) is 2.72. The highest BCUT2D eigenvalue weighted by atomic mass is 79.9. The molecule has 0 amide bonds. The Kier molecular flexibility index (Phi) is 1.89. The summed E-state index contributed by atoms with van der Waals surface area (Å²) in [6, 6.07) is 3.41. The molecule has 1 aliphatic rings. The third-order valence-corrected chi connectivity index (χ3v) is 3.42. The number of phenols is 1. The lowest BCUT2D eigenvalue weighted by Crippen LogP contribution is -2.07. The molecule has 13 heavy (non-hydrogen) atoms. The molecule has 0 aromatic heterocycles. The molecule has 0 atom stereocenters. The predicted molar refractivity (Wildman–Crippen MR) is 53.7 cm³/mol. The second-order valence-corrected chi connectivity index (χ2v) is 4.45. The Hall–Kier alpha value is -0.540. The highest BCUT2D eigenvalue weighted by molar-refractivity contribution is 9.10. The maximum absolute atomic E-state index is 9.91. The third-order valence-electron chi connectivity index (χ3n) is 2.57. The summed E-state index contributed by atoms with van der Waals surface area (Å²) >= 11 is 3.38. The summed E-state index contributed by atoms with van der Waals surface area (Å²) in [5.74, 6) is 0.195. The van der Waals surface area contributed by atoms with Crippen molar-refractivity contribution >= 4 is 15.9 Å². The van der Waals surface area contributed by atoms with Gasteiger partial charge in [-0.1, -0.05) is 15.9 Å². The molecule has 3 heteroatoms. The molecule has 2 rings (SSSR count). The van der Waals surface area contributed by atoms with Crippen LogP contribution in [0.15, 0.2) is 16.6 Å². The van der Waals surface area contributed by atoms with E-state index in [0.717, 1.165) is 22.9 Å². The summed E-state index contributed by atoms with van der Waals surface area (Å²) in [7, 11) is 0. The van der Waals surface area contributed by atoms with Crippen LogP contribution in [0.25, 0.3) is 0 Å². The summed E-state index contributed by atoms with van der Waals surface area (Å²) in [6.45, 7) is 1.90.